The summed E-state index contributed by atoms with van der Waals surface area (Å²) in [7, 11) is 0. The normalized spacial score (nSPS) is 9.80. The molecule has 0 saturated heterocycles. The van der Waals surface area contributed by atoms with E-state index in [0.717, 1.165) is 11.3 Å². The minimum absolute atomic E-state index is 0.0168. The molecule has 0 saturated carbocycles. The molecule has 1 rings (SSSR count). The lowest BCUT2D eigenvalue weighted by Gasteiger charge is -2.09. The van der Waals surface area contributed by atoms with Crippen molar-refractivity contribution in [2.75, 3.05) is 18.4 Å². The summed E-state index contributed by atoms with van der Waals surface area (Å²) in [6.07, 6.45) is 0. The van der Waals surface area contributed by atoms with Crippen molar-refractivity contribution in [1.82, 2.24) is 5.32 Å². The summed E-state index contributed by atoms with van der Waals surface area (Å²) < 4.78 is 0. The molecular formula is C11H15ClN2O. The van der Waals surface area contributed by atoms with Crippen LogP contribution in [0.4, 0.5) is 5.69 Å². The zero-order valence-electron chi connectivity index (χ0n) is 8.93. The number of benzene rings is 1. The summed E-state index contributed by atoms with van der Waals surface area (Å²) in [6, 6.07) is 5.56. The first-order chi connectivity index (χ1) is 7.13. The molecule has 0 aliphatic heterocycles. The number of amides is 1. The lowest BCUT2D eigenvalue weighted by Crippen LogP contribution is -2.29. The minimum Gasteiger partial charge on any atom is -0.376 e. The standard InChI is InChI=1S/C11H15ClN2O/c1-3-13-11(15)7-14-10-6-9(12)5-4-8(10)2/h4-6,14H,3,7H2,1-2H3,(H,13,15). The van der Waals surface area contributed by atoms with Crippen molar-refractivity contribution in [3.05, 3.63) is 28.8 Å². The molecule has 0 unspecified atom stereocenters. The van der Waals surface area contributed by atoms with Crippen LogP contribution in [-0.4, -0.2) is 19.0 Å². The van der Waals surface area contributed by atoms with E-state index in [0.29, 0.717) is 11.6 Å². The van der Waals surface area contributed by atoms with Crippen molar-refractivity contribution < 1.29 is 4.79 Å². The Morgan fingerprint density at radius 3 is 2.87 bits per heavy atom. The summed E-state index contributed by atoms with van der Waals surface area (Å²) in [5, 5.41) is 6.42. The van der Waals surface area contributed by atoms with Gasteiger partial charge in [-0.1, -0.05) is 17.7 Å². The van der Waals surface area contributed by atoms with Gasteiger partial charge in [0.15, 0.2) is 0 Å². The van der Waals surface area contributed by atoms with Crippen molar-refractivity contribution >= 4 is 23.2 Å². The molecule has 1 amide bonds. The number of nitrogens with one attached hydrogen (secondary N) is 2. The molecule has 0 aromatic heterocycles. The molecule has 4 heteroatoms. The fourth-order valence-corrected chi connectivity index (χ4v) is 1.39. The van der Waals surface area contributed by atoms with E-state index in [9.17, 15) is 4.79 Å². The second kappa shape index (κ2) is 5.61. The van der Waals surface area contributed by atoms with Gasteiger partial charge in [-0.25, -0.2) is 0 Å². The summed E-state index contributed by atoms with van der Waals surface area (Å²) in [4.78, 5) is 11.2. The molecule has 0 aliphatic rings. The second-order valence-corrected chi connectivity index (χ2v) is 3.70. The molecular weight excluding hydrogens is 212 g/mol. The number of carbonyl (C=O) groups is 1. The van der Waals surface area contributed by atoms with E-state index < -0.39 is 0 Å². The van der Waals surface area contributed by atoms with Gasteiger partial charge in [0.05, 0.1) is 6.54 Å². The van der Waals surface area contributed by atoms with E-state index in [1.807, 2.05) is 32.0 Å². The Labute approximate surface area is 94.8 Å². The molecule has 0 fully saturated rings. The Balaban J connectivity index is 2.57. The number of hydrogen-bond donors (Lipinski definition) is 2. The molecule has 82 valence electrons. The molecule has 0 bridgehead atoms. The van der Waals surface area contributed by atoms with E-state index in [1.165, 1.54) is 0 Å². The molecule has 3 nitrogen and oxygen atoms in total. The van der Waals surface area contributed by atoms with E-state index in [1.54, 1.807) is 0 Å². The van der Waals surface area contributed by atoms with Gasteiger partial charge in [-0.15, -0.1) is 0 Å². The molecule has 15 heavy (non-hydrogen) atoms. The van der Waals surface area contributed by atoms with Gasteiger partial charge in [0.2, 0.25) is 5.91 Å². The van der Waals surface area contributed by atoms with Gasteiger partial charge in [-0.05, 0) is 31.5 Å². The summed E-state index contributed by atoms with van der Waals surface area (Å²) in [5.74, 6) is -0.0168. The van der Waals surface area contributed by atoms with E-state index in [4.69, 9.17) is 11.6 Å². The van der Waals surface area contributed by atoms with Crippen LogP contribution in [-0.2, 0) is 4.79 Å². The Hall–Kier alpha value is -1.22. The number of likely N-dealkylation sites (N-methyl/N-ethyl adjacent to an activating group) is 1. The first-order valence-corrected chi connectivity index (χ1v) is 5.28. The fraction of sp³-hybridized carbons (Fsp3) is 0.364. The largest absolute Gasteiger partial charge is 0.376 e. The van der Waals surface area contributed by atoms with Gasteiger partial charge in [0, 0.05) is 17.3 Å². The average molecular weight is 227 g/mol. The van der Waals surface area contributed by atoms with Crippen LogP contribution >= 0.6 is 11.6 Å². The van der Waals surface area contributed by atoms with Gasteiger partial charge in [0.25, 0.3) is 0 Å². The first kappa shape index (κ1) is 11.9. The lowest BCUT2D eigenvalue weighted by molar-refractivity contribution is -0.119. The molecule has 1 aromatic carbocycles. The highest BCUT2D eigenvalue weighted by Crippen LogP contribution is 2.19. The Kier molecular flexibility index (Phi) is 4.43. The first-order valence-electron chi connectivity index (χ1n) is 4.90. The predicted octanol–water partition coefficient (Wildman–Crippen LogP) is 2.20. The Morgan fingerprint density at radius 2 is 2.20 bits per heavy atom. The quantitative estimate of drug-likeness (QED) is 0.827. The Bertz CT molecular complexity index is 352. The van der Waals surface area contributed by atoms with Crippen LogP contribution in [0.5, 0.6) is 0 Å². The monoisotopic (exact) mass is 226 g/mol. The van der Waals surface area contributed by atoms with Gasteiger partial charge in [0.1, 0.15) is 0 Å². The maximum Gasteiger partial charge on any atom is 0.239 e. The molecule has 2 N–H and O–H groups in total. The highest BCUT2D eigenvalue weighted by atomic mass is 35.5. The van der Waals surface area contributed by atoms with Crippen LogP contribution in [0, 0.1) is 6.92 Å². The maximum absolute atomic E-state index is 11.2. The fourth-order valence-electron chi connectivity index (χ4n) is 1.22. The van der Waals surface area contributed by atoms with Crippen molar-refractivity contribution in [3.8, 4) is 0 Å². The lowest BCUT2D eigenvalue weighted by atomic mass is 10.2. The topological polar surface area (TPSA) is 41.1 Å². The van der Waals surface area contributed by atoms with Gasteiger partial charge in [-0.3, -0.25) is 4.79 Å². The highest BCUT2D eigenvalue weighted by Gasteiger charge is 2.02. The van der Waals surface area contributed by atoms with Crippen molar-refractivity contribution in [2.45, 2.75) is 13.8 Å². The van der Waals surface area contributed by atoms with Crippen LogP contribution in [0.3, 0.4) is 0 Å². The van der Waals surface area contributed by atoms with E-state index in [2.05, 4.69) is 10.6 Å². The highest BCUT2D eigenvalue weighted by molar-refractivity contribution is 6.30. The summed E-state index contributed by atoms with van der Waals surface area (Å²) in [6.45, 7) is 4.78. The van der Waals surface area contributed by atoms with Crippen LogP contribution in [0.1, 0.15) is 12.5 Å². The minimum atomic E-state index is -0.0168. The second-order valence-electron chi connectivity index (χ2n) is 3.27. The third kappa shape index (κ3) is 3.80. The van der Waals surface area contributed by atoms with Gasteiger partial charge in [-0.2, -0.15) is 0 Å². The number of anilines is 1. The van der Waals surface area contributed by atoms with Gasteiger partial charge >= 0.3 is 0 Å². The van der Waals surface area contributed by atoms with Crippen molar-refractivity contribution in [1.29, 1.82) is 0 Å². The number of carbonyl (C=O) groups excluding carboxylic acids is 1. The van der Waals surface area contributed by atoms with Crippen LogP contribution in [0.15, 0.2) is 18.2 Å². The number of hydrogen-bond acceptors (Lipinski definition) is 2. The third-order valence-electron chi connectivity index (χ3n) is 2.01. The zero-order chi connectivity index (χ0) is 11.3. The third-order valence-corrected chi connectivity index (χ3v) is 2.25. The predicted molar refractivity (Wildman–Crippen MR) is 63.4 cm³/mol. The van der Waals surface area contributed by atoms with Crippen molar-refractivity contribution in [3.63, 3.8) is 0 Å². The number of aryl methyl sites for hydroxylation is 1. The van der Waals surface area contributed by atoms with Crippen molar-refractivity contribution in [2.24, 2.45) is 0 Å². The molecule has 0 spiro atoms. The molecule has 0 atom stereocenters. The van der Waals surface area contributed by atoms with Crippen LogP contribution in [0.2, 0.25) is 5.02 Å². The number of halogens is 1. The zero-order valence-corrected chi connectivity index (χ0v) is 9.69. The molecule has 1 aromatic rings. The summed E-state index contributed by atoms with van der Waals surface area (Å²) >= 11 is 5.85. The average Bonchev–Trinajstić information content (AvgIpc) is 2.20. The van der Waals surface area contributed by atoms with Crippen LogP contribution < -0.4 is 10.6 Å². The Morgan fingerprint density at radius 1 is 1.47 bits per heavy atom. The smallest absolute Gasteiger partial charge is 0.239 e. The summed E-state index contributed by atoms with van der Waals surface area (Å²) in [5.41, 5.74) is 1.97. The molecule has 0 radical (unpaired) electrons. The van der Waals surface area contributed by atoms with Crippen LogP contribution in [0.25, 0.3) is 0 Å². The van der Waals surface area contributed by atoms with Gasteiger partial charge < -0.3 is 10.6 Å². The SMILES string of the molecule is CCNC(=O)CNc1cc(Cl)ccc1C. The number of rotatable bonds is 4. The molecule has 0 heterocycles. The van der Waals surface area contributed by atoms with E-state index in [-0.39, 0.29) is 12.5 Å². The van der Waals surface area contributed by atoms with E-state index >= 15 is 0 Å². The molecule has 0 aliphatic carbocycles. The maximum atomic E-state index is 11.2.